The van der Waals surface area contributed by atoms with Crippen LogP contribution in [-0.2, 0) is 6.54 Å². The van der Waals surface area contributed by atoms with E-state index in [1.54, 1.807) is 12.1 Å². The fourth-order valence-electron chi connectivity index (χ4n) is 2.38. The van der Waals surface area contributed by atoms with E-state index < -0.39 is 12.8 Å². The van der Waals surface area contributed by atoms with Crippen LogP contribution in [-0.4, -0.2) is 30.8 Å². The minimum atomic E-state index is -4.33. The third-order valence-corrected chi connectivity index (χ3v) is 3.32. The van der Waals surface area contributed by atoms with E-state index in [0.29, 0.717) is 12.2 Å². The molecule has 2 N–H and O–H groups in total. The molecular formula is C14H19F3N2O. The van der Waals surface area contributed by atoms with Crippen LogP contribution in [0.1, 0.15) is 24.8 Å². The maximum absolute atomic E-state index is 12.3. The summed E-state index contributed by atoms with van der Waals surface area (Å²) in [7, 11) is 0. The summed E-state index contributed by atoms with van der Waals surface area (Å²) in [6.45, 7) is 1.24. The highest BCUT2D eigenvalue weighted by Gasteiger charge is 2.29. The van der Waals surface area contributed by atoms with E-state index in [0.717, 1.165) is 31.5 Å². The molecule has 20 heavy (non-hydrogen) atoms. The molecule has 0 unspecified atom stereocenters. The monoisotopic (exact) mass is 288 g/mol. The van der Waals surface area contributed by atoms with Gasteiger partial charge in [0.05, 0.1) is 0 Å². The summed E-state index contributed by atoms with van der Waals surface area (Å²) in [6, 6.07) is 4.77. The molecule has 0 atom stereocenters. The maximum Gasteiger partial charge on any atom is 0.422 e. The topological polar surface area (TPSA) is 38.5 Å². The number of anilines is 1. The number of alkyl halides is 3. The summed E-state index contributed by atoms with van der Waals surface area (Å²) >= 11 is 0. The number of ether oxygens (including phenoxy) is 1. The van der Waals surface area contributed by atoms with Crippen molar-refractivity contribution in [1.29, 1.82) is 0 Å². The van der Waals surface area contributed by atoms with Crippen molar-refractivity contribution in [2.24, 2.45) is 0 Å². The van der Waals surface area contributed by atoms with Crippen LogP contribution in [0, 0.1) is 0 Å². The molecule has 1 saturated heterocycles. The van der Waals surface area contributed by atoms with Gasteiger partial charge >= 0.3 is 6.18 Å². The largest absolute Gasteiger partial charge is 0.484 e. The fraction of sp³-hybridized carbons (Fsp3) is 0.571. The molecule has 0 spiro atoms. The number of halogens is 3. The number of nitrogens with two attached hydrogens (primary N) is 1. The predicted octanol–water partition coefficient (Wildman–Crippen LogP) is 3.20. The Morgan fingerprint density at radius 1 is 1.15 bits per heavy atom. The Labute approximate surface area is 116 Å². The van der Waals surface area contributed by atoms with Crippen molar-refractivity contribution in [2.75, 3.05) is 25.4 Å². The average molecular weight is 288 g/mol. The Kier molecular flexibility index (Phi) is 4.75. The molecule has 1 heterocycles. The van der Waals surface area contributed by atoms with Crippen molar-refractivity contribution >= 4 is 5.69 Å². The Hall–Kier alpha value is -1.43. The normalized spacial score (nSPS) is 17.1. The lowest BCUT2D eigenvalue weighted by Gasteiger charge is -2.27. The molecule has 0 saturated carbocycles. The van der Waals surface area contributed by atoms with Gasteiger partial charge in [-0.2, -0.15) is 13.2 Å². The second-order valence-corrected chi connectivity index (χ2v) is 5.11. The molecule has 0 bridgehead atoms. The number of rotatable bonds is 4. The van der Waals surface area contributed by atoms with E-state index in [1.165, 1.54) is 12.5 Å². The molecule has 3 nitrogen and oxygen atoms in total. The third-order valence-electron chi connectivity index (χ3n) is 3.32. The van der Waals surface area contributed by atoms with Gasteiger partial charge in [0.25, 0.3) is 0 Å². The molecule has 2 rings (SSSR count). The number of hydrogen-bond acceptors (Lipinski definition) is 3. The van der Waals surface area contributed by atoms with Crippen molar-refractivity contribution < 1.29 is 17.9 Å². The molecule has 1 aliphatic rings. The molecule has 1 aromatic rings. The molecular weight excluding hydrogens is 269 g/mol. The second-order valence-electron chi connectivity index (χ2n) is 5.11. The van der Waals surface area contributed by atoms with E-state index in [2.05, 4.69) is 4.90 Å². The third kappa shape index (κ3) is 4.59. The van der Waals surface area contributed by atoms with Crippen molar-refractivity contribution in [3.05, 3.63) is 23.8 Å². The van der Waals surface area contributed by atoms with Gasteiger partial charge in [0.1, 0.15) is 5.75 Å². The van der Waals surface area contributed by atoms with Gasteiger partial charge in [0.15, 0.2) is 6.61 Å². The van der Waals surface area contributed by atoms with Crippen LogP contribution >= 0.6 is 0 Å². The highest BCUT2D eigenvalue weighted by molar-refractivity contribution is 5.47. The van der Waals surface area contributed by atoms with Crippen molar-refractivity contribution in [1.82, 2.24) is 4.90 Å². The van der Waals surface area contributed by atoms with Crippen molar-refractivity contribution in [3.8, 4) is 5.75 Å². The second kappa shape index (κ2) is 6.35. The van der Waals surface area contributed by atoms with Gasteiger partial charge in [-0.15, -0.1) is 0 Å². The Balaban J connectivity index is 2.06. The summed E-state index contributed by atoms with van der Waals surface area (Å²) in [6.07, 6.45) is -0.864. The first-order valence-corrected chi connectivity index (χ1v) is 6.74. The van der Waals surface area contributed by atoms with E-state index in [1.807, 2.05) is 0 Å². The Bertz CT molecular complexity index is 443. The van der Waals surface area contributed by atoms with Gasteiger partial charge in [-0.3, -0.25) is 4.90 Å². The average Bonchev–Trinajstić information content (AvgIpc) is 2.38. The van der Waals surface area contributed by atoms with Gasteiger partial charge in [0, 0.05) is 17.8 Å². The predicted molar refractivity (Wildman–Crippen MR) is 71.5 cm³/mol. The number of likely N-dealkylation sites (tertiary alicyclic amines) is 1. The zero-order chi connectivity index (χ0) is 14.6. The maximum atomic E-state index is 12.3. The van der Waals surface area contributed by atoms with Crippen LogP contribution in [0.25, 0.3) is 0 Å². The summed E-state index contributed by atoms with van der Waals surface area (Å²) in [5.41, 5.74) is 6.98. The fourth-order valence-corrected chi connectivity index (χ4v) is 2.38. The molecule has 1 aliphatic heterocycles. The molecule has 0 radical (unpaired) electrons. The van der Waals surface area contributed by atoms with Gasteiger partial charge in [-0.05, 0) is 44.1 Å². The quantitative estimate of drug-likeness (QED) is 0.865. The van der Waals surface area contributed by atoms with Crippen molar-refractivity contribution in [2.45, 2.75) is 32.0 Å². The zero-order valence-corrected chi connectivity index (χ0v) is 11.2. The Morgan fingerprint density at radius 2 is 1.85 bits per heavy atom. The first-order chi connectivity index (χ1) is 9.44. The van der Waals surface area contributed by atoms with E-state index in [4.69, 9.17) is 10.5 Å². The molecule has 0 amide bonds. The molecule has 112 valence electrons. The molecule has 6 heteroatoms. The number of piperidine rings is 1. The smallest absolute Gasteiger partial charge is 0.422 e. The van der Waals surface area contributed by atoms with Crippen LogP contribution in [0.4, 0.5) is 18.9 Å². The molecule has 1 aromatic carbocycles. The standard InChI is InChI=1S/C14H19F3N2O/c15-14(16,17)10-20-13-5-4-12(18)8-11(13)9-19-6-2-1-3-7-19/h4-5,8H,1-3,6-7,9-10,18H2. The lowest BCUT2D eigenvalue weighted by atomic mass is 10.1. The first-order valence-electron chi connectivity index (χ1n) is 6.74. The zero-order valence-electron chi connectivity index (χ0n) is 11.2. The summed E-state index contributed by atoms with van der Waals surface area (Å²) in [5, 5.41) is 0. The van der Waals surface area contributed by atoms with E-state index in [9.17, 15) is 13.2 Å². The highest BCUT2D eigenvalue weighted by atomic mass is 19.4. The summed E-state index contributed by atoms with van der Waals surface area (Å²) < 4.78 is 41.6. The number of benzene rings is 1. The lowest BCUT2D eigenvalue weighted by molar-refractivity contribution is -0.153. The van der Waals surface area contributed by atoms with Crippen LogP contribution in [0.15, 0.2) is 18.2 Å². The minimum absolute atomic E-state index is 0.266. The molecule has 0 aliphatic carbocycles. The first kappa shape index (κ1) is 15.0. The van der Waals surface area contributed by atoms with Crippen LogP contribution in [0.2, 0.25) is 0 Å². The van der Waals surface area contributed by atoms with Crippen LogP contribution < -0.4 is 10.5 Å². The van der Waals surface area contributed by atoms with E-state index in [-0.39, 0.29) is 5.75 Å². The summed E-state index contributed by atoms with van der Waals surface area (Å²) in [5.74, 6) is 0.266. The van der Waals surface area contributed by atoms with Gasteiger partial charge in [-0.1, -0.05) is 6.42 Å². The number of nitrogen functional groups attached to an aromatic ring is 1. The number of nitrogens with zero attached hydrogens (tertiary/aromatic N) is 1. The van der Waals surface area contributed by atoms with Crippen LogP contribution in [0.3, 0.4) is 0 Å². The van der Waals surface area contributed by atoms with Crippen LogP contribution in [0.5, 0.6) is 5.75 Å². The Morgan fingerprint density at radius 3 is 2.50 bits per heavy atom. The highest BCUT2D eigenvalue weighted by Crippen LogP contribution is 2.26. The molecule has 0 aromatic heterocycles. The van der Waals surface area contributed by atoms with Gasteiger partial charge < -0.3 is 10.5 Å². The molecule has 1 fully saturated rings. The van der Waals surface area contributed by atoms with E-state index >= 15 is 0 Å². The minimum Gasteiger partial charge on any atom is -0.484 e. The lowest BCUT2D eigenvalue weighted by Crippen LogP contribution is -2.29. The number of hydrogen-bond donors (Lipinski definition) is 1. The summed E-state index contributed by atoms with van der Waals surface area (Å²) in [4.78, 5) is 2.22. The van der Waals surface area contributed by atoms with Crippen molar-refractivity contribution in [3.63, 3.8) is 0 Å². The van der Waals surface area contributed by atoms with Gasteiger partial charge in [-0.25, -0.2) is 0 Å². The SMILES string of the molecule is Nc1ccc(OCC(F)(F)F)c(CN2CCCCC2)c1. The van der Waals surface area contributed by atoms with Gasteiger partial charge in [0.2, 0.25) is 0 Å².